The quantitative estimate of drug-likeness (QED) is 0.915. The van der Waals surface area contributed by atoms with Gasteiger partial charge in [-0.15, -0.1) is 11.3 Å². The molecule has 0 bridgehead atoms. The molecule has 5 heteroatoms. The van der Waals surface area contributed by atoms with E-state index in [1.807, 2.05) is 26.2 Å². The third-order valence-electron chi connectivity index (χ3n) is 3.61. The predicted molar refractivity (Wildman–Crippen MR) is 71.7 cm³/mol. The molecule has 1 aliphatic heterocycles. The van der Waals surface area contributed by atoms with Crippen LogP contribution in [-0.4, -0.2) is 33.5 Å². The van der Waals surface area contributed by atoms with E-state index in [0.717, 1.165) is 30.1 Å². The number of thiazole rings is 1. The van der Waals surface area contributed by atoms with Crippen LogP contribution in [0.1, 0.15) is 37.4 Å². The van der Waals surface area contributed by atoms with Crippen LogP contribution < -0.4 is 0 Å². The van der Waals surface area contributed by atoms with Crippen molar-refractivity contribution in [1.82, 2.24) is 9.88 Å². The summed E-state index contributed by atoms with van der Waals surface area (Å²) in [6.45, 7) is 7.56. The third-order valence-corrected chi connectivity index (χ3v) is 4.56. The van der Waals surface area contributed by atoms with Crippen molar-refractivity contribution in [3.05, 3.63) is 16.1 Å². The van der Waals surface area contributed by atoms with E-state index in [9.17, 15) is 9.90 Å². The van der Waals surface area contributed by atoms with E-state index >= 15 is 0 Å². The zero-order chi connectivity index (χ0) is 13.3. The first-order valence-corrected chi connectivity index (χ1v) is 7.16. The number of hydrogen-bond donors (Lipinski definition) is 1. The Morgan fingerprint density at radius 1 is 1.67 bits per heavy atom. The number of piperidine rings is 1. The van der Waals surface area contributed by atoms with Crippen LogP contribution >= 0.6 is 11.3 Å². The number of rotatable bonds is 3. The van der Waals surface area contributed by atoms with Gasteiger partial charge in [-0.3, -0.25) is 9.69 Å². The van der Waals surface area contributed by atoms with E-state index < -0.39 is 12.0 Å². The minimum absolute atomic E-state index is 0.170. The molecule has 0 saturated carbocycles. The number of likely N-dealkylation sites (tertiary alicyclic amines) is 1. The number of carbonyl (C=O) groups is 1. The summed E-state index contributed by atoms with van der Waals surface area (Å²) in [6, 6.07) is -0.407. The summed E-state index contributed by atoms with van der Waals surface area (Å²) >= 11 is 1.61. The molecule has 18 heavy (non-hydrogen) atoms. The molecule has 2 heterocycles. The first kappa shape index (κ1) is 13.5. The monoisotopic (exact) mass is 268 g/mol. The van der Waals surface area contributed by atoms with Crippen LogP contribution in [0.25, 0.3) is 0 Å². The fourth-order valence-electron chi connectivity index (χ4n) is 2.81. The molecule has 1 fully saturated rings. The van der Waals surface area contributed by atoms with E-state index in [-0.39, 0.29) is 5.41 Å². The van der Waals surface area contributed by atoms with Crippen molar-refractivity contribution in [1.29, 1.82) is 0 Å². The van der Waals surface area contributed by atoms with Crippen molar-refractivity contribution < 1.29 is 9.90 Å². The molecule has 1 atom stereocenters. The van der Waals surface area contributed by atoms with Crippen molar-refractivity contribution in [2.24, 2.45) is 5.41 Å². The zero-order valence-corrected chi connectivity index (χ0v) is 12.0. The number of carboxylic acid groups (broad SMARTS) is 1. The summed E-state index contributed by atoms with van der Waals surface area (Å²) in [5.41, 5.74) is 0.842. The molecular formula is C13H20N2O2S. The number of aliphatic carboxylic acids is 1. The first-order chi connectivity index (χ1) is 8.40. The lowest BCUT2D eigenvalue weighted by atomic mass is 9.76. The van der Waals surface area contributed by atoms with Crippen LogP contribution in [0.2, 0.25) is 0 Å². The van der Waals surface area contributed by atoms with Gasteiger partial charge in [0.1, 0.15) is 11.0 Å². The lowest BCUT2D eigenvalue weighted by Crippen LogP contribution is -2.53. The van der Waals surface area contributed by atoms with Crippen LogP contribution in [0.5, 0.6) is 0 Å². The van der Waals surface area contributed by atoms with Crippen LogP contribution in [0, 0.1) is 12.3 Å². The van der Waals surface area contributed by atoms with Gasteiger partial charge in [-0.1, -0.05) is 13.8 Å². The van der Waals surface area contributed by atoms with Gasteiger partial charge in [0, 0.05) is 11.1 Å². The molecule has 0 amide bonds. The van der Waals surface area contributed by atoms with Crippen molar-refractivity contribution in [3.63, 3.8) is 0 Å². The Morgan fingerprint density at radius 3 is 2.94 bits per heavy atom. The molecule has 4 nitrogen and oxygen atoms in total. The molecule has 0 spiro atoms. The van der Waals surface area contributed by atoms with Gasteiger partial charge >= 0.3 is 5.97 Å². The van der Waals surface area contributed by atoms with E-state index in [2.05, 4.69) is 9.88 Å². The molecule has 100 valence electrons. The predicted octanol–water partition coefficient (Wildman–Crippen LogP) is 2.53. The molecule has 2 rings (SSSR count). The highest BCUT2D eigenvalue weighted by molar-refractivity contribution is 7.09. The molecule has 1 N–H and O–H groups in total. The largest absolute Gasteiger partial charge is 0.480 e. The maximum atomic E-state index is 11.5. The highest BCUT2D eigenvalue weighted by Gasteiger charge is 2.42. The Labute approximate surface area is 112 Å². The minimum atomic E-state index is -0.715. The summed E-state index contributed by atoms with van der Waals surface area (Å²) in [5, 5.41) is 12.5. The fourth-order valence-corrected chi connectivity index (χ4v) is 3.60. The van der Waals surface area contributed by atoms with Gasteiger partial charge < -0.3 is 5.11 Å². The van der Waals surface area contributed by atoms with Crippen molar-refractivity contribution in [2.45, 2.75) is 46.2 Å². The highest BCUT2D eigenvalue weighted by atomic mass is 32.1. The van der Waals surface area contributed by atoms with E-state index in [1.54, 1.807) is 11.3 Å². The second kappa shape index (κ2) is 4.97. The van der Waals surface area contributed by atoms with Gasteiger partial charge in [0.15, 0.2) is 0 Å². The SMILES string of the molecule is Cc1csc(CN2CCCC(C)(C)C2C(=O)O)n1. The van der Waals surface area contributed by atoms with Gasteiger partial charge in [0.2, 0.25) is 0 Å². The zero-order valence-electron chi connectivity index (χ0n) is 11.1. The average Bonchev–Trinajstić information content (AvgIpc) is 2.61. The van der Waals surface area contributed by atoms with Gasteiger partial charge in [-0.25, -0.2) is 4.98 Å². The van der Waals surface area contributed by atoms with Gasteiger partial charge in [-0.2, -0.15) is 0 Å². The summed E-state index contributed by atoms with van der Waals surface area (Å²) in [7, 11) is 0. The topological polar surface area (TPSA) is 53.4 Å². The molecular weight excluding hydrogens is 248 g/mol. The Balaban J connectivity index is 2.17. The number of nitrogens with zero attached hydrogens (tertiary/aromatic N) is 2. The van der Waals surface area contributed by atoms with Gasteiger partial charge in [0.05, 0.1) is 6.54 Å². The van der Waals surface area contributed by atoms with Crippen LogP contribution in [-0.2, 0) is 11.3 Å². The molecule has 1 aromatic rings. The summed E-state index contributed by atoms with van der Waals surface area (Å²) < 4.78 is 0. The maximum Gasteiger partial charge on any atom is 0.321 e. The summed E-state index contributed by atoms with van der Waals surface area (Å²) in [5.74, 6) is -0.715. The fraction of sp³-hybridized carbons (Fsp3) is 0.692. The van der Waals surface area contributed by atoms with Gasteiger partial charge in [-0.05, 0) is 31.7 Å². The standard InChI is InChI=1S/C13H20N2O2S/c1-9-8-18-10(14-9)7-15-6-4-5-13(2,3)11(15)12(16)17/h8,11H,4-7H2,1-3H3,(H,16,17). The van der Waals surface area contributed by atoms with E-state index in [0.29, 0.717) is 6.54 Å². The molecule has 0 aliphatic carbocycles. The van der Waals surface area contributed by atoms with Crippen LogP contribution in [0.15, 0.2) is 5.38 Å². The first-order valence-electron chi connectivity index (χ1n) is 6.28. The Kier molecular flexibility index (Phi) is 3.73. The Hall–Kier alpha value is -0.940. The van der Waals surface area contributed by atoms with Crippen molar-refractivity contribution in [2.75, 3.05) is 6.54 Å². The molecule has 0 aromatic carbocycles. The molecule has 1 aliphatic rings. The van der Waals surface area contributed by atoms with Gasteiger partial charge in [0.25, 0.3) is 0 Å². The van der Waals surface area contributed by atoms with Crippen molar-refractivity contribution in [3.8, 4) is 0 Å². The molecule has 1 aromatic heterocycles. The second-order valence-corrected chi connectivity index (χ2v) is 6.63. The van der Waals surface area contributed by atoms with E-state index in [4.69, 9.17) is 0 Å². The number of aromatic nitrogens is 1. The minimum Gasteiger partial charge on any atom is -0.480 e. The van der Waals surface area contributed by atoms with Crippen LogP contribution in [0.3, 0.4) is 0 Å². The lowest BCUT2D eigenvalue weighted by molar-refractivity contribution is -0.151. The second-order valence-electron chi connectivity index (χ2n) is 5.69. The van der Waals surface area contributed by atoms with E-state index in [1.165, 1.54) is 0 Å². The lowest BCUT2D eigenvalue weighted by Gasteiger charge is -2.43. The summed E-state index contributed by atoms with van der Waals surface area (Å²) in [6.07, 6.45) is 2.03. The third kappa shape index (κ3) is 2.72. The van der Waals surface area contributed by atoms with Crippen LogP contribution in [0.4, 0.5) is 0 Å². The average molecular weight is 268 g/mol. The number of aryl methyl sites for hydroxylation is 1. The Bertz CT molecular complexity index is 442. The Morgan fingerprint density at radius 2 is 2.39 bits per heavy atom. The highest BCUT2D eigenvalue weighted by Crippen LogP contribution is 2.36. The maximum absolute atomic E-state index is 11.5. The number of carboxylic acids is 1. The molecule has 0 radical (unpaired) electrons. The van der Waals surface area contributed by atoms with Crippen molar-refractivity contribution >= 4 is 17.3 Å². The summed E-state index contributed by atoms with van der Waals surface area (Å²) in [4.78, 5) is 18.0. The molecule has 1 unspecified atom stereocenters. The number of hydrogen-bond acceptors (Lipinski definition) is 4. The smallest absolute Gasteiger partial charge is 0.321 e. The normalized spacial score (nSPS) is 24.1. The molecule has 1 saturated heterocycles.